The highest BCUT2D eigenvalue weighted by atomic mass is 16.5. The largest absolute Gasteiger partial charge is 0.452 e. The Kier molecular flexibility index (Phi) is 5.21. The molecule has 1 N–H and O–H groups in total. The number of rotatable bonds is 6. The van der Waals surface area contributed by atoms with Crippen molar-refractivity contribution in [1.29, 1.82) is 0 Å². The summed E-state index contributed by atoms with van der Waals surface area (Å²) in [5, 5.41) is 4.90. The van der Waals surface area contributed by atoms with Crippen LogP contribution in [-0.2, 0) is 14.3 Å². The zero-order valence-electron chi connectivity index (χ0n) is 16.6. The molecule has 4 rings (SSSR count). The smallest absolute Gasteiger partial charge is 0.331 e. The van der Waals surface area contributed by atoms with Crippen LogP contribution in [0, 0.1) is 13.8 Å². The molecule has 0 atom stereocenters. The molecule has 0 bridgehead atoms. The lowest BCUT2D eigenvalue weighted by Gasteiger charge is -2.07. The summed E-state index contributed by atoms with van der Waals surface area (Å²) < 4.78 is 7.40. The number of fused-ring (bicyclic) bond motifs is 1. The number of hydrogen-bond donors (Lipinski definition) is 1. The summed E-state index contributed by atoms with van der Waals surface area (Å²) >= 11 is 0. The molecule has 0 aliphatic heterocycles. The third-order valence-electron chi connectivity index (χ3n) is 5.21. The van der Waals surface area contributed by atoms with Crippen LogP contribution in [0.3, 0.4) is 0 Å². The van der Waals surface area contributed by atoms with Crippen molar-refractivity contribution in [1.82, 2.24) is 4.57 Å². The Bertz CT molecular complexity index is 1110. The van der Waals surface area contributed by atoms with E-state index >= 15 is 0 Å². The second-order valence-electron chi connectivity index (χ2n) is 7.48. The fourth-order valence-electron chi connectivity index (χ4n) is 3.67. The van der Waals surface area contributed by atoms with Crippen LogP contribution in [0.25, 0.3) is 16.8 Å². The highest BCUT2D eigenvalue weighted by molar-refractivity contribution is 5.96. The van der Waals surface area contributed by atoms with E-state index in [1.807, 2.05) is 42.5 Å². The van der Waals surface area contributed by atoms with Crippen LogP contribution < -0.4 is 5.32 Å². The maximum Gasteiger partial charge on any atom is 0.331 e. The monoisotopic (exact) mass is 388 g/mol. The van der Waals surface area contributed by atoms with Gasteiger partial charge in [0.15, 0.2) is 6.61 Å². The molecule has 1 heterocycles. The highest BCUT2D eigenvalue weighted by Gasteiger charge is 2.26. The van der Waals surface area contributed by atoms with Crippen LogP contribution in [0.4, 0.5) is 5.69 Å². The van der Waals surface area contributed by atoms with E-state index in [0.717, 1.165) is 22.0 Å². The minimum absolute atomic E-state index is 0.322. The molecule has 0 spiro atoms. The number of aromatic nitrogens is 1. The lowest BCUT2D eigenvalue weighted by molar-refractivity contribution is -0.142. The fraction of sp³-hybridized carbons (Fsp3) is 0.250. The Labute approximate surface area is 170 Å². The molecule has 5 heteroatoms. The van der Waals surface area contributed by atoms with Crippen LogP contribution in [0.15, 0.2) is 54.6 Å². The molecule has 1 saturated carbocycles. The third-order valence-corrected chi connectivity index (χ3v) is 5.21. The lowest BCUT2D eigenvalue weighted by Crippen LogP contribution is -2.20. The quantitative estimate of drug-likeness (QED) is 0.488. The Balaban J connectivity index is 1.31. The molecule has 1 aliphatic rings. The SMILES string of the molecule is Cc1cc(/C=C/C(=O)OCC(=O)Nc2ccc3ccccc3c2)c(C)n1C1CC1. The second kappa shape index (κ2) is 7.95. The van der Waals surface area contributed by atoms with Gasteiger partial charge in [-0.2, -0.15) is 0 Å². The Hall–Kier alpha value is -3.34. The summed E-state index contributed by atoms with van der Waals surface area (Å²) in [6.07, 6.45) is 5.56. The first-order valence-electron chi connectivity index (χ1n) is 9.83. The van der Waals surface area contributed by atoms with Crippen molar-refractivity contribution in [3.8, 4) is 0 Å². The van der Waals surface area contributed by atoms with Gasteiger partial charge in [0.25, 0.3) is 5.91 Å². The average Bonchev–Trinajstić information content (AvgIpc) is 3.50. The van der Waals surface area contributed by atoms with Crippen molar-refractivity contribution in [3.63, 3.8) is 0 Å². The van der Waals surface area contributed by atoms with Crippen LogP contribution in [0.2, 0.25) is 0 Å². The summed E-state index contributed by atoms with van der Waals surface area (Å²) in [5.41, 5.74) is 4.04. The summed E-state index contributed by atoms with van der Waals surface area (Å²) in [6, 6.07) is 16.3. The first-order valence-corrected chi connectivity index (χ1v) is 9.83. The average molecular weight is 388 g/mol. The van der Waals surface area contributed by atoms with Gasteiger partial charge in [0.1, 0.15) is 0 Å². The number of carbonyl (C=O) groups excluding carboxylic acids is 2. The number of aryl methyl sites for hydroxylation is 1. The van der Waals surface area contributed by atoms with Crippen molar-refractivity contribution >= 4 is 34.4 Å². The standard InChI is InChI=1S/C24H24N2O3/c1-16-13-19(17(2)26(16)22-10-11-22)8-12-24(28)29-15-23(27)25-21-9-7-18-5-3-4-6-20(18)14-21/h3-9,12-14,22H,10-11,15H2,1-2H3,(H,25,27)/b12-8+. The zero-order chi connectivity index (χ0) is 20.4. The van der Waals surface area contributed by atoms with Crippen molar-refractivity contribution in [2.24, 2.45) is 0 Å². The number of anilines is 1. The van der Waals surface area contributed by atoms with Crippen molar-refractivity contribution in [2.75, 3.05) is 11.9 Å². The van der Waals surface area contributed by atoms with Gasteiger partial charge in [-0.1, -0.05) is 30.3 Å². The molecule has 0 saturated heterocycles. The molecule has 1 aromatic heterocycles. The fourth-order valence-corrected chi connectivity index (χ4v) is 3.67. The number of nitrogens with zero attached hydrogens (tertiary/aromatic N) is 1. The molecule has 1 aliphatic carbocycles. The number of amides is 1. The zero-order valence-corrected chi connectivity index (χ0v) is 16.6. The van der Waals surface area contributed by atoms with Gasteiger partial charge in [0.2, 0.25) is 0 Å². The molecule has 1 fully saturated rings. The number of hydrogen-bond acceptors (Lipinski definition) is 3. The first kappa shape index (κ1) is 19.0. The number of nitrogens with one attached hydrogen (secondary N) is 1. The van der Waals surface area contributed by atoms with Crippen molar-refractivity contribution in [2.45, 2.75) is 32.7 Å². The molecule has 148 valence electrons. The van der Waals surface area contributed by atoms with E-state index in [2.05, 4.69) is 29.8 Å². The van der Waals surface area contributed by atoms with E-state index in [1.54, 1.807) is 6.08 Å². The van der Waals surface area contributed by atoms with E-state index in [9.17, 15) is 9.59 Å². The molecule has 1 amide bonds. The lowest BCUT2D eigenvalue weighted by atomic mass is 10.1. The maximum absolute atomic E-state index is 12.1. The maximum atomic E-state index is 12.1. The highest BCUT2D eigenvalue weighted by Crippen LogP contribution is 2.38. The van der Waals surface area contributed by atoms with Gasteiger partial charge in [-0.25, -0.2) is 4.79 Å². The second-order valence-corrected chi connectivity index (χ2v) is 7.48. The normalized spacial score (nSPS) is 13.7. The van der Waals surface area contributed by atoms with Crippen LogP contribution in [-0.4, -0.2) is 23.1 Å². The predicted molar refractivity (Wildman–Crippen MR) is 115 cm³/mol. The van der Waals surface area contributed by atoms with Gasteiger partial charge in [0, 0.05) is 29.2 Å². The molecule has 29 heavy (non-hydrogen) atoms. The van der Waals surface area contributed by atoms with E-state index in [-0.39, 0.29) is 12.5 Å². The van der Waals surface area contributed by atoms with Gasteiger partial charge >= 0.3 is 5.97 Å². The van der Waals surface area contributed by atoms with E-state index in [0.29, 0.717) is 11.7 Å². The summed E-state index contributed by atoms with van der Waals surface area (Å²) in [5.74, 6) is -0.899. The van der Waals surface area contributed by atoms with Crippen molar-refractivity contribution < 1.29 is 14.3 Å². The number of carbonyl (C=O) groups is 2. The predicted octanol–water partition coefficient (Wildman–Crippen LogP) is 4.79. The number of benzene rings is 2. The molecular weight excluding hydrogens is 364 g/mol. The molecule has 5 nitrogen and oxygen atoms in total. The molecule has 3 aromatic rings. The van der Waals surface area contributed by atoms with Crippen LogP contribution in [0.1, 0.15) is 35.8 Å². The number of esters is 1. The third kappa shape index (κ3) is 4.40. The van der Waals surface area contributed by atoms with Crippen LogP contribution >= 0.6 is 0 Å². The topological polar surface area (TPSA) is 60.3 Å². The van der Waals surface area contributed by atoms with E-state index < -0.39 is 5.97 Å². The van der Waals surface area contributed by atoms with E-state index in [4.69, 9.17) is 4.74 Å². The number of ether oxygens (including phenoxy) is 1. The molecular formula is C24H24N2O3. The summed E-state index contributed by atoms with van der Waals surface area (Å²) in [6.45, 7) is 3.82. The first-order chi connectivity index (χ1) is 14.0. The minimum atomic E-state index is -0.533. The molecule has 0 unspecified atom stereocenters. The van der Waals surface area contributed by atoms with Gasteiger partial charge < -0.3 is 14.6 Å². The summed E-state index contributed by atoms with van der Waals surface area (Å²) in [7, 11) is 0. The van der Waals surface area contributed by atoms with E-state index in [1.165, 1.54) is 24.6 Å². The van der Waals surface area contributed by atoms with Crippen LogP contribution in [0.5, 0.6) is 0 Å². The Morgan fingerprint density at radius 2 is 1.86 bits per heavy atom. The van der Waals surface area contributed by atoms with Gasteiger partial charge in [-0.3, -0.25) is 4.79 Å². The molecule has 0 radical (unpaired) electrons. The van der Waals surface area contributed by atoms with Gasteiger partial charge in [-0.15, -0.1) is 0 Å². The summed E-state index contributed by atoms with van der Waals surface area (Å²) in [4.78, 5) is 24.1. The minimum Gasteiger partial charge on any atom is -0.452 e. The molecule has 2 aromatic carbocycles. The Morgan fingerprint density at radius 3 is 2.62 bits per heavy atom. The Morgan fingerprint density at radius 1 is 1.10 bits per heavy atom. The van der Waals surface area contributed by atoms with Gasteiger partial charge in [-0.05, 0) is 67.3 Å². The van der Waals surface area contributed by atoms with Crippen molar-refractivity contribution in [3.05, 3.63) is 71.6 Å². The van der Waals surface area contributed by atoms with Gasteiger partial charge in [0.05, 0.1) is 0 Å².